The highest BCUT2D eigenvalue weighted by Gasteiger charge is 2.04. The molecular weight excluding hydrogens is 233 g/mol. The minimum Gasteiger partial charge on any atom is -0.756 e. The van der Waals surface area contributed by atoms with E-state index in [0.29, 0.717) is 13.0 Å². The van der Waals surface area contributed by atoms with Gasteiger partial charge in [-0.2, -0.15) is 0 Å². The maximum atomic E-state index is 10.9. The number of carbonyl (C=O) groups excluding carboxylic acids is 1. The molecule has 0 saturated carbocycles. The van der Waals surface area contributed by atoms with Crippen LogP contribution in [0, 0.1) is 0 Å². The fraction of sp³-hybridized carbons (Fsp3) is 0.889. The van der Waals surface area contributed by atoms with E-state index < -0.39 is 14.9 Å². The van der Waals surface area contributed by atoms with E-state index in [1.165, 1.54) is 6.92 Å². The van der Waals surface area contributed by atoms with E-state index in [-0.39, 0.29) is 12.5 Å². The summed E-state index contributed by atoms with van der Waals surface area (Å²) in [7, 11) is -4.92. The van der Waals surface area contributed by atoms with Crippen LogP contribution in [0.4, 0.5) is 0 Å². The summed E-state index contributed by atoms with van der Waals surface area (Å²) < 4.78 is 26.0. The van der Waals surface area contributed by atoms with Crippen molar-refractivity contribution in [2.75, 3.05) is 20.2 Å². The fourth-order valence-corrected chi connectivity index (χ4v) is 1.49. The lowest BCUT2D eigenvalue weighted by Crippen LogP contribution is -2.20. The number of unbranched alkanes of at least 4 members (excludes halogenated alkanes) is 3. The number of phosphoric ester groups is 1. The average Bonchev–Trinajstić information content (AvgIpc) is 2.21. The number of rotatable bonds is 9. The third-order valence-corrected chi connectivity index (χ3v) is 2.67. The number of hydrogen-bond donors (Lipinski definition) is 1. The van der Waals surface area contributed by atoms with Crippen LogP contribution in [0.3, 0.4) is 0 Å². The van der Waals surface area contributed by atoms with Crippen molar-refractivity contribution in [2.45, 2.75) is 32.6 Å². The van der Waals surface area contributed by atoms with Gasteiger partial charge in [0.2, 0.25) is 5.91 Å². The number of amides is 1. The Balaban J connectivity index is 3.29. The lowest BCUT2D eigenvalue weighted by atomic mass is 10.2. The molecule has 6 nitrogen and oxygen atoms in total. The van der Waals surface area contributed by atoms with Gasteiger partial charge in [0.25, 0.3) is 7.82 Å². The zero-order chi connectivity index (χ0) is 13.1. The monoisotopic (exact) mass is 253 g/mol. The van der Waals surface area contributed by atoms with Gasteiger partial charge in [0.05, 0.1) is 7.98 Å². The Kier molecular flexibility index (Phi) is 7.42. The van der Waals surface area contributed by atoms with E-state index in [2.05, 4.69) is 14.4 Å². The lowest BCUT2D eigenvalue weighted by Gasteiger charge is -2.19. The molecule has 0 aliphatic carbocycles. The molecule has 0 aromatic carbocycles. The first-order chi connectivity index (χ1) is 7.98. The van der Waals surface area contributed by atoms with E-state index in [4.69, 9.17) is 1.37 Å². The van der Waals surface area contributed by atoms with Crippen molar-refractivity contribution >= 4 is 13.7 Å². The summed E-state index contributed by atoms with van der Waals surface area (Å²) in [5.41, 5.74) is 0. The van der Waals surface area contributed by atoms with Crippen molar-refractivity contribution in [3.05, 3.63) is 0 Å². The summed E-state index contributed by atoms with van der Waals surface area (Å²) in [6, 6.07) is 0. The molecule has 0 saturated heterocycles. The first-order valence-corrected chi connectivity index (χ1v) is 6.58. The first kappa shape index (κ1) is 13.6. The topological polar surface area (TPSA) is 87.7 Å². The van der Waals surface area contributed by atoms with Crippen LogP contribution in [0.1, 0.15) is 34.0 Å². The molecule has 0 aliphatic rings. The van der Waals surface area contributed by atoms with Crippen LogP contribution in [0.5, 0.6) is 0 Å². The van der Waals surface area contributed by atoms with Gasteiger partial charge in [0.15, 0.2) is 0 Å². The third kappa shape index (κ3) is 10.1. The molecule has 0 bridgehead atoms. The van der Waals surface area contributed by atoms with Crippen LogP contribution in [0.2, 0.25) is 0 Å². The molecule has 0 aliphatic heterocycles. The predicted molar refractivity (Wildman–Crippen MR) is 57.7 cm³/mol. The molecule has 1 amide bonds. The number of nitrogens with one attached hydrogen (secondary N) is 1. The van der Waals surface area contributed by atoms with Gasteiger partial charge in [-0.1, -0.05) is 12.8 Å². The lowest BCUT2D eigenvalue weighted by molar-refractivity contribution is -0.223. The van der Waals surface area contributed by atoms with E-state index in [9.17, 15) is 14.3 Å². The van der Waals surface area contributed by atoms with E-state index >= 15 is 0 Å². The van der Waals surface area contributed by atoms with Gasteiger partial charge in [-0.15, -0.1) is 0 Å². The summed E-state index contributed by atoms with van der Waals surface area (Å²) >= 11 is 0. The molecule has 0 radical (unpaired) electrons. The molecule has 0 rings (SSSR count). The smallest absolute Gasteiger partial charge is 0.267 e. The maximum Gasteiger partial charge on any atom is 0.267 e. The first-order valence-electron chi connectivity index (χ1n) is 5.82. The largest absolute Gasteiger partial charge is 0.756 e. The van der Waals surface area contributed by atoms with Gasteiger partial charge in [-0.3, -0.25) is 9.36 Å². The molecule has 1 N–H and O–H groups in total. The Labute approximate surface area is 97.3 Å². The standard InChI is InChI=1S/C9H20NO5P/c1-9(11)10-7-5-3-4-6-8-15-16(12,13)14-2/h3-8H2,1-2H3,(H,10,11)(H,12,13)/p-1/i2D. The van der Waals surface area contributed by atoms with Gasteiger partial charge in [0, 0.05) is 20.6 Å². The number of phosphoric acid groups is 1. The van der Waals surface area contributed by atoms with Crippen molar-refractivity contribution in [1.82, 2.24) is 5.32 Å². The summed E-state index contributed by atoms with van der Waals surface area (Å²) in [4.78, 5) is 21.4. The van der Waals surface area contributed by atoms with Crippen LogP contribution < -0.4 is 10.2 Å². The molecular formula is C9H19NO5P-. The molecule has 7 heteroatoms. The van der Waals surface area contributed by atoms with E-state index in [1.807, 2.05) is 0 Å². The Morgan fingerprint density at radius 1 is 1.44 bits per heavy atom. The minimum atomic E-state index is -4.26. The van der Waals surface area contributed by atoms with Crippen LogP contribution >= 0.6 is 7.82 Å². The van der Waals surface area contributed by atoms with Crippen LogP contribution in [-0.2, 0) is 18.4 Å². The molecule has 16 heavy (non-hydrogen) atoms. The Bertz CT molecular complexity index is 264. The van der Waals surface area contributed by atoms with E-state index in [1.54, 1.807) is 0 Å². The quantitative estimate of drug-likeness (QED) is 0.485. The second-order valence-corrected chi connectivity index (χ2v) is 4.72. The van der Waals surface area contributed by atoms with Gasteiger partial charge < -0.3 is 19.3 Å². The second-order valence-electron chi connectivity index (χ2n) is 3.31. The van der Waals surface area contributed by atoms with Gasteiger partial charge >= 0.3 is 0 Å². The maximum absolute atomic E-state index is 10.9. The molecule has 1 atom stereocenters. The van der Waals surface area contributed by atoms with Crippen LogP contribution in [-0.4, -0.2) is 26.1 Å². The molecule has 0 heterocycles. The van der Waals surface area contributed by atoms with Crippen LogP contribution in [0.25, 0.3) is 0 Å². The summed E-state index contributed by atoms with van der Waals surface area (Å²) in [6.45, 7) is 2.17. The minimum absolute atomic E-state index is 0.0480. The summed E-state index contributed by atoms with van der Waals surface area (Å²) in [6.07, 6.45) is 3.18. The molecule has 96 valence electrons. The highest BCUT2D eigenvalue weighted by atomic mass is 31.2. The Morgan fingerprint density at radius 3 is 2.75 bits per heavy atom. The van der Waals surface area contributed by atoms with Gasteiger partial charge in [0.1, 0.15) is 0 Å². The second kappa shape index (κ2) is 8.70. The normalized spacial score (nSPS) is 15.2. The number of carbonyl (C=O) groups is 1. The van der Waals surface area contributed by atoms with Crippen molar-refractivity contribution in [3.63, 3.8) is 0 Å². The van der Waals surface area contributed by atoms with Gasteiger partial charge in [-0.25, -0.2) is 0 Å². The molecule has 0 spiro atoms. The highest BCUT2D eigenvalue weighted by Crippen LogP contribution is 2.36. The van der Waals surface area contributed by atoms with E-state index in [0.717, 1.165) is 19.3 Å². The molecule has 1 unspecified atom stereocenters. The van der Waals surface area contributed by atoms with Crippen molar-refractivity contribution in [2.24, 2.45) is 0 Å². The zero-order valence-electron chi connectivity index (χ0n) is 10.4. The van der Waals surface area contributed by atoms with Crippen LogP contribution in [0.15, 0.2) is 0 Å². The average molecular weight is 253 g/mol. The predicted octanol–water partition coefficient (Wildman–Crippen LogP) is 0.814. The Hall–Kier alpha value is -0.420. The zero-order valence-corrected chi connectivity index (χ0v) is 10.3. The third-order valence-electron chi connectivity index (χ3n) is 1.85. The summed E-state index contributed by atoms with van der Waals surface area (Å²) in [5.74, 6) is -0.0480. The Morgan fingerprint density at radius 2 is 2.12 bits per heavy atom. The van der Waals surface area contributed by atoms with Gasteiger partial charge in [-0.05, 0) is 12.8 Å². The van der Waals surface area contributed by atoms with Crippen molar-refractivity contribution in [3.8, 4) is 0 Å². The number of hydrogen-bond acceptors (Lipinski definition) is 5. The molecule has 0 aromatic rings. The van der Waals surface area contributed by atoms with Crippen molar-refractivity contribution in [1.29, 1.82) is 0 Å². The fourth-order valence-electron chi connectivity index (χ4n) is 1.06. The SMILES string of the molecule is [2H]COP(=O)([O-])OCCCCCCNC(C)=O. The molecule has 0 aromatic heterocycles. The van der Waals surface area contributed by atoms with Crippen molar-refractivity contribution < 1.29 is 24.7 Å². The summed E-state index contributed by atoms with van der Waals surface area (Å²) in [5, 5.41) is 2.67. The highest BCUT2D eigenvalue weighted by molar-refractivity contribution is 7.45. The molecule has 0 fully saturated rings.